The second-order valence-corrected chi connectivity index (χ2v) is 11.7. The molecule has 4 rings (SSSR count). The number of carbonyl (C=O) groups excluding carboxylic acids is 1. The number of piperidine rings is 1. The molecule has 0 spiro atoms. The van der Waals surface area contributed by atoms with Crippen LogP contribution in [-0.4, -0.2) is 42.0 Å². The van der Waals surface area contributed by atoms with Crippen molar-refractivity contribution in [3.8, 4) is 0 Å². The minimum Gasteiger partial charge on any atom is -0.319 e. The van der Waals surface area contributed by atoms with Crippen molar-refractivity contribution in [2.45, 2.75) is 34.4 Å². The third-order valence-corrected chi connectivity index (χ3v) is 10.1. The van der Waals surface area contributed by atoms with Crippen LogP contribution in [0.1, 0.15) is 19.3 Å². The molecular weight excluding hydrogens is 446 g/mol. The number of benzene rings is 1. The fourth-order valence-corrected chi connectivity index (χ4v) is 7.83. The summed E-state index contributed by atoms with van der Waals surface area (Å²) >= 11 is 4.29. The third kappa shape index (κ3) is 3.96. The molecular formula is C19H21N3O3S4. The van der Waals surface area contributed by atoms with E-state index in [1.807, 2.05) is 30.0 Å². The number of aromatic nitrogens is 1. The second-order valence-electron chi connectivity index (χ2n) is 6.79. The summed E-state index contributed by atoms with van der Waals surface area (Å²) in [5.74, 6) is -0.392. The van der Waals surface area contributed by atoms with Crippen LogP contribution in [0.25, 0.3) is 10.2 Å². The predicted octanol–water partition coefficient (Wildman–Crippen LogP) is 3.69. The normalized spacial score (nSPS) is 19.1. The van der Waals surface area contributed by atoms with E-state index < -0.39 is 22.0 Å². The number of hydrogen-bond donors (Lipinski definition) is 0. The molecule has 1 aliphatic heterocycles. The Morgan fingerprint density at radius 3 is 2.83 bits per heavy atom. The molecule has 1 aromatic carbocycles. The van der Waals surface area contributed by atoms with Gasteiger partial charge in [-0.3, -0.25) is 4.79 Å². The van der Waals surface area contributed by atoms with Crippen molar-refractivity contribution < 1.29 is 13.2 Å². The van der Waals surface area contributed by atoms with Crippen LogP contribution in [0.3, 0.4) is 0 Å². The summed E-state index contributed by atoms with van der Waals surface area (Å²) < 4.78 is 30.6. The minimum atomic E-state index is -3.68. The molecule has 154 valence electrons. The average Bonchev–Trinajstić information content (AvgIpc) is 3.37. The molecule has 3 heterocycles. The van der Waals surface area contributed by atoms with Gasteiger partial charge < -0.3 is 4.57 Å². The van der Waals surface area contributed by atoms with E-state index >= 15 is 0 Å². The van der Waals surface area contributed by atoms with Gasteiger partial charge >= 0.3 is 0 Å². The maximum atomic E-state index is 13.1. The topological polar surface area (TPSA) is 71.7 Å². The van der Waals surface area contributed by atoms with Gasteiger partial charge in [0.15, 0.2) is 4.80 Å². The zero-order valence-electron chi connectivity index (χ0n) is 16.1. The highest BCUT2D eigenvalue weighted by molar-refractivity contribution is 7.98. The first kappa shape index (κ1) is 20.8. The van der Waals surface area contributed by atoms with Gasteiger partial charge in [0, 0.05) is 18.5 Å². The lowest BCUT2D eigenvalue weighted by molar-refractivity contribution is -0.122. The first-order chi connectivity index (χ1) is 13.9. The highest BCUT2D eigenvalue weighted by Gasteiger charge is 2.38. The van der Waals surface area contributed by atoms with Crippen molar-refractivity contribution in [2.24, 2.45) is 12.0 Å². The lowest BCUT2D eigenvalue weighted by Gasteiger charge is -2.31. The molecule has 0 N–H and O–H groups in total. The van der Waals surface area contributed by atoms with Crippen LogP contribution >= 0.6 is 34.4 Å². The summed E-state index contributed by atoms with van der Waals surface area (Å²) in [5.41, 5.74) is 1.01. The Labute approximate surface area is 181 Å². The van der Waals surface area contributed by atoms with Crippen molar-refractivity contribution in [3.63, 3.8) is 0 Å². The Morgan fingerprint density at radius 2 is 2.10 bits per heavy atom. The number of carbonyl (C=O) groups is 1. The largest absolute Gasteiger partial charge is 0.319 e. The predicted molar refractivity (Wildman–Crippen MR) is 119 cm³/mol. The molecule has 1 saturated heterocycles. The SMILES string of the molecule is CSc1ccc2c(c1)sc(=NC(=O)C1CCCCN1S(=O)(=O)c1cccs1)n2C. The summed E-state index contributed by atoms with van der Waals surface area (Å²) in [7, 11) is -1.80. The number of thiophene rings is 1. The van der Waals surface area contributed by atoms with Crippen molar-refractivity contribution in [3.05, 3.63) is 40.5 Å². The number of fused-ring (bicyclic) bond motifs is 1. The number of aryl methyl sites for hydroxylation is 1. The molecule has 1 unspecified atom stereocenters. The molecule has 10 heteroatoms. The van der Waals surface area contributed by atoms with Gasteiger partial charge in [-0.2, -0.15) is 9.30 Å². The Bertz CT molecular complexity index is 1210. The van der Waals surface area contributed by atoms with Crippen molar-refractivity contribution in [1.82, 2.24) is 8.87 Å². The smallest absolute Gasteiger partial charge is 0.266 e. The van der Waals surface area contributed by atoms with Crippen LogP contribution in [0.2, 0.25) is 0 Å². The summed E-state index contributed by atoms with van der Waals surface area (Å²) in [6, 6.07) is 8.70. The van der Waals surface area contributed by atoms with E-state index in [0.717, 1.165) is 28.0 Å². The molecule has 0 bridgehead atoms. The third-order valence-electron chi connectivity index (χ3n) is 5.02. The fraction of sp³-hybridized carbons (Fsp3) is 0.368. The van der Waals surface area contributed by atoms with Crippen LogP contribution in [0.15, 0.2) is 49.8 Å². The van der Waals surface area contributed by atoms with Gasteiger partial charge in [0.1, 0.15) is 10.3 Å². The highest BCUT2D eigenvalue weighted by atomic mass is 32.2. The quantitative estimate of drug-likeness (QED) is 0.549. The lowest BCUT2D eigenvalue weighted by Crippen LogP contribution is -2.47. The first-order valence-electron chi connectivity index (χ1n) is 9.19. The molecule has 6 nitrogen and oxygen atoms in total. The monoisotopic (exact) mass is 467 g/mol. The molecule has 2 aromatic heterocycles. The van der Waals surface area contributed by atoms with E-state index in [-0.39, 0.29) is 4.21 Å². The van der Waals surface area contributed by atoms with E-state index in [9.17, 15) is 13.2 Å². The highest BCUT2D eigenvalue weighted by Crippen LogP contribution is 2.29. The van der Waals surface area contributed by atoms with Crippen LogP contribution < -0.4 is 4.80 Å². The number of thiazole rings is 1. The minimum absolute atomic E-state index is 0.272. The van der Waals surface area contributed by atoms with Crippen LogP contribution in [-0.2, 0) is 21.9 Å². The molecule has 1 fully saturated rings. The zero-order chi connectivity index (χ0) is 20.6. The Kier molecular flexibility index (Phi) is 5.99. The van der Waals surface area contributed by atoms with E-state index in [1.54, 1.807) is 29.3 Å². The van der Waals surface area contributed by atoms with Crippen molar-refractivity contribution >= 4 is 60.6 Å². The number of nitrogens with zero attached hydrogens (tertiary/aromatic N) is 3. The Balaban J connectivity index is 1.71. The zero-order valence-corrected chi connectivity index (χ0v) is 19.3. The van der Waals surface area contributed by atoms with E-state index in [1.165, 1.54) is 27.0 Å². The van der Waals surface area contributed by atoms with Crippen LogP contribution in [0.5, 0.6) is 0 Å². The van der Waals surface area contributed by atoms with E-state index in [0.29, 0.717) is 17.8 Å². The summed E-state index contributed by atoms with van der Waals surface area (Å²) in [6.07, 6.45) is 4.09. The van der Waals surface area contributed by atoms with Gasteiger partial charge in [0.25, 0.3) is 15.9 Å². The number of hydrogen-bond acceptors (Lipinski definition) is 6. The van der Waals surface area contributed by atoms with Crippen LogP contribution in [0, 0.1) is 0 Å². The maximum absolute atomic E-state index is 13.1. The standard InChI is InChI=1S/C19H21N3O3S4/c1-21-14-9-8-13(26-2)12-16(14)28-19(21)20-18(23)15-6-3-4-10-22(15)29(24,25)17-7-5-11-27-17/h5,7-9,11-12,15H,3-4,6,10H2,1-2H3. The van der Waals surface area contributed by atoms with Gasteiger partial charge in [-0.05, 0) is 48.7 Å². The molecule has 0 saturated carbocycles. The summed E-state index contributed by atoms with van der Waals surface area (Å²) in [5, 5.41) is 1.73. The van der Waals surface area contributed by atoms with Gasteiger partial charge in [-0.1, -0.05) is 23.8 Å². The average molecular weight is 468 g/mol. The van der Waals surface area contributed by atoms with Crippen molar-refractivity contribution in [1.29, 1.82) is 0 Å². The second kappa shape index (κ2) is 8.35. The molecule has 1 aliphatic rings. The van der Waals surface area contributed by atoms with Gasteiger partial charge in [-0.25, -0.2) is 8.42 Å². The Morgan fingerprint density at radius 1 is 1.28 bits per heavy atom. The summed E-state index contributed by atoms with van der Waals surface area (Å²) in [4.78, 5) is 19.2. The Hall–Kier alpha value is -1.46. The summed E-state index contributed by atoms with van der Waals surface area (Å²) in [6.45, 7) is 0.349. The number of thioether (sulfide) groups is 1. The number of amides is 1. The molecule has 1 amide bonds. The van der Waals surface area contributed by atoms with Gasteiger partial charge in [0.05, 0.1) is 10.2 Å². The molecule has 29 heavy (non-hydrogen) atoms. The lowest BCUT2D eigenvalue weighted by atomic mass is 10.0. The van der Waals surface area contributed by atoms with Crippen molar-refractivity contribution in [2.75, 3.05) is 12.8 Å². The van der Waals surface area contributed by atoms with Crippen LogP contribution in [0.4, 0.5) is 0 Å². The van der Waals surface area contributed by atoms with Gasteiger partial charge in [-0.15, -0.1) is 23.1 Å². The van der Waals surface area contributed by atoms with E-state index in [2.05, 4.69) is 11.1 Å². The first-order valence-corrected chi connectivity index (χ1v) is 13.6. The number of sulfonamides is 1. The number of rotatable bonds is 4. The van der Waals surface area contributed by atoms with Gasteiger partial charge in [0.2, 0.25) is 0 Å². The molecule has 3 aromatic rings. The fourth-order valence-electron chi connectivity index (χ4n) is 3.48. The molecule has 0 aliphatic carbocycles. The molecule has 0 radical (unpaired) electrons. The maximum Gasteiger partial charge on any atom is 0.266 e. The van der Waals surface area contributed by atoms with E-state index in [4.69, 9.17) is 0 Å². The molecule has 1 atom stereocenters.